The molecular formula is C16H27ClN4. The van der Waals surface area contributed by atoms with E-state index in [9.17, 15) is 0 Å². The number of nitrogens with zero attached hydrogens (tertiary/aromatic N) is 3. The minimum Gasteiger partial charge on any atom is -0.326 e. The Morgan fingerprint density at radius 2 is 1.81 bits per heavy atom. The van der Waals surface area contributed by atoms with Crippen molar-refractivity contribution in [2.75, 3.05) is 53.4 Å². The van der Waals surface area contributed by atoms with Gasteiger partial charge in [0.2, 0.25) is 0 Å². The Bertz CT molecular complexity index is 442. The Labute approximate surface area is 133 Å². The lowest BCUT2D eigenvalue weighted by Crippen LogP contribution is -2.47. The lowest BCUT2D eigenvalue weighted by atomic mass is 10.1. The van der Waals surface area contributed by atoms with E-state index in [4.69, 9.17) is 17.3 Å². The van der Waals surface area contributed by atoms with Gasteiger partial charge in [-0.15, -0.1) is 0 Å². The van der Waals surface area contributed by atoms with Crippen LogP contribution in [0, 0.1) is 0 Å². The highest BCUT2D eigenvalue weighted by molar-refractivity contribution is 6.31. The van der Waals surface area contributed by atoms with Crippen molar-refractivity contribution in [2.45, 2.75) is 13.1 Å². The van der Waals surface area contributed by atoms with Gasteiger partial charge in [0, 0.05) is 57.4 Å². The number of nitrogens with two attached hydrogens (primary N) is 1. The average molecular weight is 311 g/mol. The van der Waals surface area contributed by atoms with Gasteiger partial charge in [0.25, 0.3) is 0 Å². The minimum atomic E-state index is 0.546. The number of halogens is 1. The smallest absolute Gasteiger partial charge is 0.0454 e. The molecule has 0 atom stereocenters. The second-order valence-electron chi connectivity index (χ2n) is 6.05. The zero-order valence-electron chi connectivity index (χ0n) is 13.2. The Morgan fingerprint density at radius 1 is 1.14 bits per heavy atom. The van der Waals surface area contributed by atoms with E-state index in [0.29, 0.717) is 6.54 Å². The Hall–Kier alpha value is -0.650. The highest BCUT2D eigenvalue weighted by atomic mass is 35.5. The van der Waals surface area contributed by atoms with Crippen molar-refractivity contribution in [3.05, 3.63) is 34.3 Å². The predicted molar refractivity (Wildman–Crippen MR) is 89.6 cm³/mol. The molecule has 21 heavy (non-hydrogen) atoms. The molecule has 0 bridgehead atoms. The molecule has 0 aromatic heterocycles. The predicted octanol–water partition coefficient (Wildman–Crippen LogP) is 1.48. The molecular weight excluding hydrogens is 284 g/mol. The summed E-state index contributed by atoms with van der Waals surface area (Å²) in [5, 5.41) is 0.841. The first-order chi connectivity index (χ1) is 10.1. The van der Waals surface area contributed by atoms with Gasteiger partial charge in [-0.05, 0) is 31.3 Å². The molecule has 0 unspecified atom stereocenters. The van der Waals surface area contributed by atoms with E-state index in [1.165, 1.54) is 5.56 Å². The summed E-state index contributed by atoms with van der Waals surface area (Å²) in [5.74, 6) is 0. The van der Waals surface area contributed by atoms with Gasteiger partial charge in [-0.3, -0.25) is 9.80 Å². The van der Waals surface area contributed by atoms with E-state index in [2.05, 4.69) is 40.9 Å². The van der Waals surface area contributed by atoms with E-state index in [-0.39, 0.29) is 0 Å². The maximum Gasteiger partial charge on any atom is 0.0454 e. The molecule has 2 rings (SSSR count). The van der Waals surface area contributed by atoms with Crippen LogP contribution in [0.1, 0.15) is 11.1 Å². The van der Waals surface area contributed by atoms with Gasteiger partial charge in [-0.25, -0.2) is 0 Å². The maximum atomic E-state index is 6.34. The SMILES string of the molecule is CN(C)CCN1CCN(Cc2ccc(CN)cc2Cl)CC1. The van der Waals surface area contributed by atoms with Gasteiger partial charge < -0.3 is 10.6 Å². The standard InChI is InChI=1S/C16H27ClN4/c1-19(2)5-6-20-7-9-21(10-8-20)13-15-4-3-14(12-18)11-16(15)17/h3-4,11H,5-10,12-13,18H2,1-2H3. The molecule has 4 nitrogen and oxygen atoms in total. The molecule has 1 aliphatic rings. The summed E-state index contributed by atoms with van der Waals surface area (Å²) in [6.45, 7) is 8.29. The Kier molecular flexibility index (Phi) is 6.45. The quantitative estimate of drug-likeness (QED) is 0.863. The van der Waals surface area contributed by atoms with Crippen LogP contribution in [-0.2, 0) is 13.1 Å². The Balaban J connectivity index is 1.80. The monoisotopic (exact) mass is 310 g/mol. The number of likely N-dealkylation sites (N-methyl/N-ethyl adjacent to an activating group) is 1. The normalized spacial score (nSPS) is 17.6. The fourth-order valence-electron chi connectivity index (χ4n) is 2.60. The first kappa shape index (κ1) is 16.7. The van der Waals surface area contributed by atoms with Crippen LogP contribution in [0.15, 0.2) is 18.2 Å². The molecule has 1 heterocycles. The second kappa shape index (κ2) is 8.11. The van der Waals surface area contributed by atoms with Crippen molar-refractivity contribution < 1.29 is 0 Å². The fraction of sp³-hybridized carbons (Fsp3) is 0.625. The van der Waals surface area contributed by atoms with E-state index in [1.54, 1.807) is 0 Å². The summed E-state index contributed by atoms with van der Waals surface area (Å²) in [6, 6.07) is 6.18. The van der Waals surface area contributed by atoms with E-state index < -0.39 is 0 Å². The van der Waals surface area contributed by atoms with Crippen molar-refractivity contribution in [1.29, 1.82) is 0 Å². The fourth-order valence-corrected chi connectivity index (χ4v) is 2.86. The lowest BCUT2D eigenvalue weighted by Gasteiger charge is -2.35. The average Bonchev–Trinajstić information content (AvgIpc) is 2.48. The molecule has 1 fully saturated rings. The lowest BCUT2D eigenvalue weighted by molar-refractivity contribution is 0.120. The van der Waals surface area contributed by atoms with Crippen LogP contribution in [0.3, 0.4) is 0 Å². The van der Waals surface area contributed by atoms with Crippen molar-refractivity contribution in [1.82, 2.24) is 14.7 Å². The van der Waals surface area contributed by atoms with Crippen LogP contribution in [0.2, 0.25) is 5.02 Å². The maximum absolute atomic E-state index is 6.34. The largest absolute Gasteiger partial charge is 0.326 e. The topological polar surface area (TPSA) is 35.7 Å². The van der Waals surface area contributed by atoms with E-state index in [1.807, 2.05) is 6.07 Å². The Morgan fingerprint density at radius 3 is 2.38 bits per heavy atom. The third-order valence-corrected chi connectivity index (χ3v) is 4.43. The van der Waals surface area contributed by atoms with Crippen LogP contribution in [0.5, 0.6) is 0 Å². The van der Waals surface area contributed by atoms with Gasteiger partial charge in [-0.2, -0.15) is 0 Å². The molecule has 1 aromatic carbocycles. The van der Waals surface area contributed by atoms with Gasteiger partial charge in [-0.1, -0.05) is 23.7 Å². The third-order valence-electron chi connectivity index (χ3n) is 4.08. The number of piperazine rings is 1. The molecule has 0 radical (unpaired) electrons. The van der Waals surface area contributed by atoms with Crippen molar-refractivity contribution in [2.24, 2.45) is 5.73 Å². The summed E-state index contributed by atoms with van der Waals surface area (Å²) in [5.41, 5.74) is 7.94. The molecule has 2 N–H and O–H groups in total. The van der Waals surface area contributed by atoms with Crippen LogP contribution in [0.4, 0.5) is 0 Å². The van der Waals surface area contributed by atoms with Gasteiger partial charge in [0.15, 0.2) is 0 Å². The molecule has 1 aromatic rings. The van der Waals surface area contributed by atoms with Crippen molar-refractivity contribution >= 4 is 11.6 Å². The van der Waals surface area contributed by atoms with Crippen LogP contribution in [0.25, 0.3) is 0 Å². The summed E-state index contributed by atoms with van der Waals surface area (Å²) < 4.78 is 0. The van der Waals surface area contributed by atoms with E-state index in [0.717, 1.165) is 56.4 Å². The zero-order chi connectivity index (χ0) is 15.2. The van der Waals surface area contributed by atoms with Gasteiger partial charge >= 0.3 is 0 Å². The molecule has 0 amide bonds. The summed E-state index contributed by atoms with van der Waals surface area (Å²) in [7, 11) is 4.26. The first-order valence-corrected chi connectivity index (χ1v) is 8.03. The number of hydrogen-bond donors (Lipinski definition) is 1. The van der Waals surface area contributed by atoms with Crippen molar-refractivity contribution in [3.63, 3.8) is 0 Å². The van der Waals surface area contributed by atoms with Crippen LogP contribution in [-0.4, -0.2) is 68.1 Å². The highest BCUT2D eigenvalue weighted by Crippen LogP contribution is 2.20. The van der Waals surface area contributed by atoms with Crippen molar-refractivity contribution in [3.8, 4) is 0 Å². The molecule has 0 aliphatic carbocycles. The molecule has 5 heteroatoms. The van der Waals surface area contributed by atoms with Gasteiger partial charge in [0.05, 0.1) is 0 Å². The highest BCUT2D eigenvalue weighted by Gasteiger charge is 2.17. The summed E-state index contributed by atoms with van der Waals surface area (Å²) in [6.07, 6.45) is 0. The third kappa shape index (κ3) is 5.24. The molecule has 0 saturated carbocycles. The summed E-state index contributed by atoms with van der Waals surface area (Å²) >= 11 is 6.34. The summed E-state index contributed by atoms with van der Waals surface area (Å²) in [4.78, 5) is 7.26. The molecule has 1 saturated heterocycles. The molecule has 0 spiro atoms. The molecule has 118 valence electrons. The number of rotatable bonds is 6. The van der Waals surface area contributed by atoms with Crippen LogP contribution < -0.4 is 5.73 Å². The zero-order valence-corrected chi connectivity index (χ0v) is 13.9. The minimum absolute atomic E-state index is 0.546. The first-order valence-electron chi connectivity index (χ1n) is 7.65. The second-order valence-corrected chi connectivity index (χ2v) is 6.46. The number of benzene rings is 1. The van der Waals surface area contributed by atoms with Crippen LogP contribution >= 0.6 is 11.6 Å². The van der Waals surface area contributed by atoms with E-state index >= 15 is 0 Å². The molecule has 1 aliphatic heterocycles. The van der Waals surface area contributed by atoms with Gasteiger partial charge in [0.1, 0.15) is 0 Å². The number of hydrogen-bond acceptors (Lipinski definition) is 4.